The van der Waals surface area contributed by atoms with Crippen LogP contribution in [0.15, 0.2) is 55.0 Å². The van der Waals surface area contributed by atoms with Crippen molar-refractivity contribution >= 4 is 11.9 Å². The molecule has 2 aromatic heterocycles. The van der Waals surface area contributed by atoms with Crippen LogP contribution in [0.2, 0.25) is 0 Å². The number of pyridine rings is 1. The summed E-state index contributed by atoms with van der Waals surface area (Å²) in [7, 11) is 0. The van der Waals surface area contributed by atoms with Gasteiger partial charge in [-0.3, -0.25) is 4.79 Å². The van der Waals surface area contributed by atoms with Gasteiger partial charge in [-0.15, -0.1) is 0 Å². The summed E-state index contributed by atoms with van der Waals surface area (Å²) in [5.41, 5.74) is 3.63. The Kier molecular flexibility index (Phi) is 5.84. The number of carbonyl (C=O) groups excluding carboxylic acids is 2. The van der Waals surface area contributed by atoms with Crippen molar-refractivity contribution in [3.05, 3.63) is 77.2 Å². The molecule has 3 aromatic rings. The van der Waals surface area contributed by atoms with Gasteiger partial charge >= 0.3 is 5.97 Å². The average molecular weight is 378 g/mol. The molecule has 0 spiro atoms. The summed E-state index contributed by atoms with van der Waals surface area (Å²) in [4.78, 5) is 28.4. The maximum atomic E-state index is 12.1. The minimum atomic E-state index is -0.603. The van der Waals surface area contributed by atoms with Gasteiger partial charge in [-0.2, -0.15) is 5.10 Å². The second-order valence-electron chi connectivity index (χ2n) is 6.56. The summed E-state index contributed by atoms with van der Waals surface area (Å²) in [5.74, 6) is -0.379. The van der Waals surface area contributed by atoms with Crippen LogP contribution in [0.1, 0.15) is 40.0 Å². The molecule has 1 unspecified atom stereocenters. The van der Waals surface area contributed by atoms with Gasteiger partial charge in [0.2, 0.25) is 0 Å². The fourth-order valence-corrected chi connectivity index (χ4v) is 2.66. The van der Waals surface area contributed by atoms with Gasteiger partial charge < -0.3 is 10.1 Å². The lowest BCUT2D eigenvalue weighted by atomic mass is 10.0. The summed E-state index contributed by atoms with van der Waals surface area (Å²) in [6, 6.07) is 10.9. The third kappa shape index (κ3) is 4.62. The monoisotopic (exact) mass is 378 g/mol. The fourth-order valence-electron chi connectivity index (χ4n) is 2.66. The van der Waals surface area contributed by atoms with E-state index >= 15 is 0 Å². The van der Waals surface area contributed by atoms with E-state index < -0.39 is 5.97 Å². The summed E-state index contributed by atoms with van der Waals surface area (Å²) >= 11 is 0. The number of benzene rings is 1. The molecule has 7 heteroatoms. The summed E-state index contributed by atoms with van der Waals surface area (Å²) in [6.45, 7) is 5.61. The van der Waals surface area contributed by atoms with E-state index in [1.807, 2.05) is 39.0 Å². The van der Waals surface area contributed by atoms with Crippen LogP contribution in [0.3, 0.4) is 0 Å². The first-order valence-corrected chi connectivity index (χ1v) is 8.94. The highest BCUT2D eigenvalue weighted by molar-refractivity contribution is 5.91. The molecular weight excluding hydrogens is 356 g/mol. The van der Waals surface area contributed by atoms with Gasteiger partial charge in [0, 0.05) is 18.6 Å². The molecule has 0 aliphatic heterocycles. The Morgan fingerprint density at radius 2 is 2.00 bits per heavy atom. The zero-order chi connectivity index (χ0) is 20.1. The van der Waals surface area contributed by atoms with Crippen LogP contribution in [0, 0.1) is 13.8 Å². The number of nitrogens with one attached hydrogen (secondary N) is 1. The molecule has 1 amide bonds. The number of ether oxygens (including phenoxy) is 1. The van der Waals surface area contributed by atoms with Gasteiger partial charge in [0.1, 0.15) is 0 Å². The Morgan fingerprint density at radius 3 is 2.64 bits per heavy atom. The van der Waals surface area contributed by atoms with Gasteiger partial charge in [0.25, 0.3) is 5.91 Å². The smallest absolute Gasteiger partial charge is 0.340 e. The van der Waals surface area contributed by atoms with Gasteiger partial charge in [-0.25, -0.2) is 14.5 Å². The van der Waals surface area contributed by atoms with Crippen molar-refractivity contribution in [2.24, 2.45) is 0 Å². The Hall–Kier alpha value is -3.48. The molecule has 0 aliphatic rings. The maximum absolute atomic E-state index is 12.1. The number of rotatable bonds is 6. The van der Waals surface area contributed by atoms with Gasteiger partial charge in [-0.1, -0.05) is 18.2 Å². The highest BCUT2D eigenvalue weighted by atomic mass is 16.5. The van der Waals surface area contributed by atoms with E-state index in [4.69, 9.17) is 4.74 Å². The standard InChI is InChI=1S/C21H22N4O3/c1-14-5-6-17(11-15(14)2)16(3)24-20(26)13-28-21(27)18-7-8-19(22-12-18)25-10-4-9-23-25/h4-12,16H,13H2,1-3H3,(H,24,26). The molecule has 1 aromatic carbocycles. The van der Waals surface area contributed by atoms with Gasteiger partial charge in [0.05, 0.1) is 11.6 Å². The highest BCUT2D eigenvalue weighted by Crippen LogP contribution is 2.16. The number of hydrogen-bond acceptors (Lipinski definition) is 5. The van der Waals surface area contributed by atoms with E-state index in [-0.39, 0.29) is 24.1 Å². The summed E-state index contributed by atoms with van der Waals surface area (Å²) in [5, 5.41) is 6.90. The van der Waals surface area contributed by atoms with Crippen LogP contribution >= 0.6 is 0 Å². The van der Waals surface area contributed by atoms with Crippen molar-refractivity contribution in [1.82, 2.24) is 20.1 Å². The first-order valence-electron chi connectivity index (χ1n) is 8.94. The molecule has 0 saturated heterocycles. The molecule has 0 radical (unpaired) electrons. The molecule has 144 valence electrons. The molecule has 1 N–H and O–H groups in total. The summed E-state index contributed by atoms with van der Waals surface area (Å²) < 4.78 is 6.67. The fraction of sp³-hybridized carbons (Fsp3) is 0.238. The molecule has 28 heavy (non-hydrogen) atoms. The molecule has 7 nitrogen and oxygen atoms in total. The molecule has 0 bridgehead atoms. The van der Waals surface area contributed by atoms with Crippen molar-refractivity contribution in [2.45, 2.75) is 26.8 Å². The predicted molar refractivity (Wildman–Crippen MR) is 104 cm³/mol. The quantitative estimate of drug-likeness (QED) is 0.667. The van der Waals surface area contributed by atoms with Crippen molar-refractivity contribution in [1.29, 1.82) is 0 Å². The van der Waals surface area contributed by atoms with Crippen molar-refractivity contribution in [3.8, 4) is 5.82 Å². The van der Waals surface area contributed by atoms with E-state index in [0.717, 1.165) is 11.1 Å². The van der Waals surface area contributed by atoms with Gasteiger partial charge in [0.15, 0.2) is 12.4 Å². The zero-order valence-electron chi connectivity index (χ0n) is 16.0. The van der Waals surface area contributed by atoms with E-state index in [0.29, 0.717) is 5.82 Å². The first kappa shape index (κ1) is 19.3. The van der Waals surface area contributed by atoms with E-state index in [9.17, 15) is 9.59 Å². The second-order valence-corrected chi connectivity index (χ2v) is 6.56. The zero-order valence-corrected chi connectivity index (χ0v) is 16.0. The Morgan fingerprint density at radius 1 is 1.18 bits per heavy atom. The molecule has 3 rings (SSSR count). The maximum Gasteiger partial charge on any atom is 0.340 e. The lowest BCUT2D eigenvalue weighted by molar-refractivity contribution is -0.124. The third-order valence-corrected chi connectivity index (χ3v) is 4.47. The molecular formula is C21H22N4O3. The van der Waals surface area contributed by atoms with Crippen LogP contribution in [0.5, 0.6) is 0 Å². The predicted octanol–water partition coefficient (Wildman–Crippen LogP) is 2.92. The van der Waals surface area contributed by atoms with Crippen LogP contribution < -0.4 is 5.32 Å². The van der Waals surface area contributed by atoms with E-state index in [2.05, 4.69) is 15.4 Å². The molecule has 1 atom stereocenters. The Balaban J connectivity index is 1.52. The van der Waals surface area contributed by atoms with Crippen LogP contribution in [0.4, 0.5) is 0 Å². The number of amides is 1. The second kappa shape index (κ2) is 8.47. The number of carbonyl (C=O) groups is 2. The van der Waals surface area contributed by atoms with Crippen molar-refractivity contribution in [3.63, 3.8) is 0 Å². The van der Waals surface area contributed by atoms with E-state index in [1.54, 1.807) is 35.3 Å². The number of aryl methyl sites for hydroxylation is 2. The van der Waals surface area contributed by atoms with Crippen molar-refractivity contribution < 1.29 is 14.3 Å². The minimum Gasteiger partial charge on any atom is -0.452 e. The summed E-state index contributed by atoms with van der Waals surface area (Å²) in [6.07, 6.45) is 4.79. The van der Waals surface area contributed by atoms with Crippen molar-refractivity contribution in [2.75, 3.05) is 6.61 Å². The lowest BCUT2D eigenvalue weighted by Crippen LogP contribution is -2.31. The van der Waals surface area contributed by atoms with Crippen LogP contribution in [0.25, 0.3) is 5.82 Å². The third-order valence-electron chi connectivity index (χ3n) is 4.47. The minimum absolute atomic E-state index is 0.180. The lowest BCUT2D eigenvalue weighted by Gasteiger charge is -2.15. The van der Waals surface area contributed by atoms with Crippen LogP contribution in [-0.2, 0) is 9.53 Å². The molecule has 0 aliphatic carbocycles. The SMILES string of the molecule is Cc1ccc(C(C)NC(=O)COC(=O)c2ccc(-n3cccn3)nc2)cc1C. The Labute approximate surface area is 163 Å². The van der Waals surface area contributed by atoms with Gasteiger partial charge in [-0.05, 0) is 55.7 Å². The first-order chi connectivity index (χ1) is 13.4. The van der Waals surface area contributed by atoms with Crippen LogP contribution in [-0.4, -0.2) is 33.2 Å². The number of esters is 1. The molecule has 0 saturated carbocycles. The number of hydrogen-bond donors (Lipinski definition) is 1. The average Bonchev–Trinajstić information content (AvgIpc) is 3.23. The Bertz CT molecular complexity index is 966. The molecule has 0 fully saturated rings. The number of aromatic nitrogens is 3. The largest absolute Gasteiger partial charge is 0.452 e. The normalized spacial score (nSPS) is 11.7. The topological polar surface area (TPSA) is 86.1 Å². The molecule has 2 heterocycles. The highest BCUT2D eigenvalue weighted by Gasteiger charge is 2.14. The van der Waals surface area contributed by atoms with E-state index in [1.165, 1.54) is 11.8 Å². The number of nitrogens with zero attached hydrogens (tertiary/aromatic N) is 3.